The molecule has 2 saturated heterocycles. The Bertz CT molecular complexity index is 774. The highest BCUT2D eigenvalue weighted by Gasteiger charge is 2.26. The molecular formula is C22H30ClN3O4. The molecule has 0 bridgehead atoms. The second-order valence-electron chi connectivity index (χ2n) is 8.39. The maximum Gasteiger partial charge on any atom is 0.238 e. The molecule has 0 atom stereocenters. The van der Waals surface area contributed by atoms with E-state index in [0.29, 0.717) is 60.2 Å². The zero-order valence-corrected chi connectivity index (χ0v) is 18.1. The second kappa shape index (κ2) is 9.88. The number of hydrogen-bond acceptors (Lipinski definition) is 5. The molecule has 0 aliphatic carbocycles. The minimum Gasteiger partial charge on any atom is -0.490 e. The zero-order chi connectivity index (χ0) is 20.9. The van der Waals surface area contributed by atoms with Crippen molar-refractivity contribution < 1.29 is 19.1 Å². The maximum atomic E-state index is 12.6. The molecule has 0 aromatic heterocycles. The summed E-state index contributed by atoms with van der Waals surface area (Å²) in [7, 11) is 0. The topological polar surface area (TPSA) is 71.1 Å². The van der Waals surface area contributed by atoms with Gasteiger partial charge >= 0.3 is 0 Å². The molecule has 1 N–H and O–H groups in total. The predicted molar refractivity (Wildman–Crippen MR) is 115 cm³/mol. The first-order valence-corrected chi connectivity index (χ1v) is 11.4. The third-order valence-electron chi connectivity index (χ3n) is 6.11. The van der Waals surface area contributed by atoms with Crippen molar-refractivity contribution in [3.8, 4) is 11.5 Å². The fourth-order valence-electron chi connectivity index (χ4n) is 4.36. The lowest BCUT2D eigenvalue weighted by Gasteiger charge is -2.32. The molecule has 1 aromatic rings. The zero-order valence-electron chi connectivity index (χ0n) is 17.3. The maximum absolute atomic E-state index is 12.6. The van der Waals surface area contributed by atoms with E-state index in [1.165, 1.54) is 0 Å². The van der Waals surface area contributed by atoms with E-state index in [0.717, 1.165) is 58.3 Å². The molecule has 30 heavy (non-hydrogen) atoms. The fourth-order valence-corrected chi connectivity index (χ4v) is 4.56. The molecule has 2 amide bonds. The quantitative estimate of drug-likeness (QED) is 0.769. The van der Waals surface area contributed by atoms with Crippen LogP contribution < -0.4 is 14.8 Å². The molecule has 164 valence electrons. The smallest absolute Gasteiger partial charge is 0.238 e. The summed E-state index contributed by atoms with van der Waals surface area (Å²) in [5.74, 6) is 1.84. The van der Waals surface area contributed by atoms with Crippen LogP contribution in [0.15, 0.2) is 12.1 Å². The number of ether oxygens (including phenoxy) is 2. The SMILES string of the molecule is O=C(CN1CCC(CC(=O)N2CCCC2)CC1)Nc1cc2c(cc1Cl)OCCCO2. The molecule has 7 nitrogen and oxygen atoms in total. The first-order valence-electron chi connectivity index (χ1n) is 11.0. The Hall–Kier alpha value is -1.99. The molecule has 4 rings (SSSR count). The summed E-state index contributed by atoms with van der Waals surface area (Å²) in [6.45, 7) is 4.99. The van der Waals surface area contributed by atoms with Crippen molar-refractivity contribution in [2.45, 2.75) is 38.5 Å². The number of carbonyl (C=O) groups excluding carboxylic acids is 2. The van der Waals surface area contributed by atoms with Crippen LogP contribution in [0, 0.1) is 5.92 Å². The van der Waals surface area contributed by atoms with Crippen molar-refractivity contribution in [3.05, 3.63) is 17.2 Å². The van der Waals surface area contributed by atoms with Crippen LogP contribution in [0.2, 0.25) is 5.02 Å². The molecule has 3 heterocycles. The van der Waals surface area contributed by atoms with Gasteiger partial charge < -0.3 is 19.7 Å². The molecule has 8 heteroatoms. The van der Waals surface area contributed by atoms with E-state index in [2.05, 4.69) is 10.2 Å². The van der Waals surface area contributed by atoms with Crippen LogP contribution in [0.3, 0.4) is 0 Å². The van der Waals surface area contributed by atoms with Gasteiger partial charge in [0.25, 0.3) is 0 Å². The van der Waals surface area contributed by atoms with Gasteiger partial charge in [-0.3, -0.25) is 14.5 Å². The summed E-state index contributed by atoms with van der Waals surface area (Å²) in [5.41, 5.74) is 0.539. The molecule has 0 radical (unpaired) electrons. The molecule has 1 aromatic carbocycles. The van der Waals surface area contributed by atoms with E-state index in [4.69, 9.17) is 21.1 Å². The van der Waals surface area contributed by atoms with Gasteiger partial charge in [-0.1, -0.05) is 11.6 Å². The van der Waals surface area contributed by atoms with Gasteiger partial charge in [-0.15, -0.1) is 0 Å². The summed E-state index contributed by atoms with van der Waals surface area (Å²) in [5, 5.41) is 3.34. The van der Waals surface area contributed by atoms with Crippen LogP contribution in [0.25, 0.3) is 0 Å². The van der Waals surface area contributed by atoms with Crippen molar-refractivity contribution in [2.75, 3.05) is 51.3 Å². The van der Waals surface area contributed by atoms with Crippen LogP contribution in [0.4, 0.5) is 5.69 Å². The monoisotopic (exact) mass is 435 g/mol. The van der Waals surface area contributed by atoms with Crippen LogP contribution in [0.5, 0.6) is 11.5 Å². The van der Waals surface area contributed by atoms with E-state index in [9.17, 15) is 9.59 Å². The van der Waals surface area contributed by atoms with Crippen molar-refractivity contribution in [1.82, 2.24) is 9.80 Å². The van der Waals surface area contributed by atoms with Crippen LogP contribution in [-0.4, -0.2) is 67.6 Å². The average Bonchev–Trinajstić information content (AvgIpc) is 3.18. The summed E-state index contributed by atoms with van der Waals surface area (Å²) in [4.78, 5) is 29.0. The molecular weight excluding hydrogens is 406 g/mol. The number of halogens is 1. The Morgan fingerprint density at radius 3 is 2.37 bits per heavy atom. The number of nitrogens with zero attached hydrogens (tertiary/aromatic N) is 2. The van der Waals surface area contributed by atoms with Crippen molar-refractivity contribution in [2.24, 2.45) is 5.92 Å². The van der Waals surface area contributed by atoms with E-state index in [1.54, 1.807) is 12.1 Å². The van der Waals surface area contributed by atoms with Gasteiger partial charge in [0.15, 0.2) is 11.5 Å². The Kier molecular flexibility index (Phi) is 7.00. The number of piperidine rings is 1. The normalized spacial score (nSPS) is 20.1. The number of nitrogens with one attached hydrogen (secondary N) is 1. The summed E-state index contributed by atoms with van der Waals surface area (Å²) in [6.07, 6.45) is 5.63. The first kappa shape index (κ1) is 21.2. The van der Waals surface area contributed by atoms with E-state index in [1.807, 2.05) is 4.90 Å². The van der Waals surface area contributed by atoms with Gasteiger partial charge in [-0.2, -0.15) is 0 Å². The molecule has 0 saturated carbocycles. The number of likely N-dealkylation sites (tertiary alicyclic amines) is 2. The summed E-state index contributed by atoms with van der Waals surface area (Å²) < 4.78 is 11.3. The average molecular weight is 436 g/mol. The highest BCUT2D eigenvalue weighted by molar-refractivity contribution is 6.34. The number of benzene rings is 1. The van der Waals surface area contributed by atoms with Crippen LogP contribution >= 0.6 is 11.6 Å². The number of carbonyl (C=O) groups is 2. The Labute approximate surface area is 182 Å². The van der Waals surface area contributed by atoms with Gasteiger partial charge in [0.05, 0.1) is 30.5 Å². The lowest BCUT2D eigenvalue weighted by molar-refractivity contribution is -0.131. The first-order chi connectivity index (χ1) is 14.6. The Balaban J connectivity index is 1.24. The van der Waals surface area contributed by atoms with E-state index < -0.39 is 0 Å². The minimum atomic E-state index is -0.0991. The van der Waals surface area contributed by atoms with Crippen molar-refractivity contribution >= 4 is 29.1 Å². The largest absolute Gasteiger partial charge is 0.490 e. The number of hydrogen-bond donors (Lipinski definition) is 1. The highest BCUT2D eigenvalue weighted by atomic mass is 35.5. The number of amides is 2. The molecule has 2 fully saturated rings. The highest BCUT2D eigenvalue weighted by Crippen LogP contribution is 2.37. The van der Waals surface area contributed by atoms with Crippen LogP contribution in [-0.2, 0) is 9.59 Å². The third-order valence-corrected chi connectivity index (χ3v) is 6.42. The number of anilines is 1. The number of rotatable bonds is 5. The molecule has 3 aliphatic heterocycles. The fraction of sp³-hybridized carbons (Fsp3) is 0.636. The van der Waals surface area contributed by atoms with Gasteiger partial charge in [0, 0.05) is 38.1 Å². The molecule has 0 unspecified atom stereocenters. The molecule has 3 aliphatic rings. The third kappa shape index (κ3) is 5.38. The van der Waals surface area contributed by atoms with Gasteiger partial charge in [-0.25, -0.2) is 0 Å². The predicted octanol–water partition coefficient (Wildman–Crippen LogP) is 3.16. The Morgan fingerprint density at radius 1 is 1.00 bits per heavy atom. The van der Waals surface area contributed by atoms with Crippen molar-refractivity contribution in [1.29, 1.82) is 0 Å². The van der Waals surface area contributed by atoms with Gasteiger partial charge in [-0.05, 0) is 44.7 Å². The standard InChI is InChI=1S/C22H30ClN3O4/c23-17-13-19-20(30-11-3-10-29-19)14-18(17)24-21(27)15-25-8-4-16(5-9-25)12-22(28)26-6-1-2-7-26/h13-14,16H,1-12,15H2,(H,24,27). The Morgan fingerprint density at radius 2 is 1.67 bits per heavy atom. The van der Waals surface area contributed by atoms with Gasteiger partial charge in [0.2, 0.25) is 11.8 Å². The number of fused-ring (bicyclic) bond motifs is 1. The van der Waals surface area contributed by atoms with E-state index >= 15 is 0 Å². The second-order valence-corrected chi connectivity index (χ2v) is 8.80. The lowest BCUT2D eigenvalue weighted by Crippen LogP contribution is -2.40. The van der Waals surface area contributed by atoms with Gasteiger partial charge in [0.1, 0.15) is 0 Å². The lowest BCUT2D eigenvalue weighted by atomic mass is 9.93. The summed E-state index contributed by atoms with van der Waals surface area (Å²) in [6, 6.07) is 3.43. The summed E-state index contributed by atoms with van der Waals surface area (Å²) >= 11 is 6.32. The minimum absolute atomic E-state index is 0.0991. The van der Waals surface area contributed by atoms with Crippen molar-refractivity contribution in [3.63, 3.8) is 0 Å². The molecule has 0 spiro atoms. The van der Waals surface area contributed by atoms with Crippen LogP contribution in [0.1, 0.15) is 38.5 Å². The van der Waals surface area contributed by atoms with E-state index in [-0.39, 0.29) is 5.91 Å².